The van der Waals surface area contributed by atoms with Gasteiger partial charge in [0.2, 0.25) is 0 Å². The second-order valence-electron chi connectivity index (χ2n) is 4.19. The molecule has 0 spiro atoms. The molecule has 0 radical (unpaired) electrons. The third-order valence-electron chi connectivity index (χ3n) is 2.40. The van der Waals surface area contributed by atoms with Gasteiger partial charge in [0.15, 0.2) is 0 Å². The fourth-order valence-electron chi connectivity index (χ4n) is 1.36. The van der Waals surface area contributed by atoms with Crippen molar-refractivity contribution in [3.05, 3.63) is 48.9 Å². The molecule has 0 unspecified atom stereocenters. The first kappa shape index (κ1) is 17.0. The van der Waals surface area contributed by atoms with Gasteiger partial charge in [0.25, 0.3) is 5.95 Å². The van der Waals surface area contributed by atoms with Gasteiger partial charge in [0.05, 0.1) is 12.3 Å². The van der Waals surface area contributed by atoms with Crippen molar-refractivity contribution in [1.82, 2.24) is 4.98 Å². The first-order valence-electron chi connectivity index (χ1n) is 6.55. The molecule has 0 saturated heterocycles. The molecule has 1 aromatic carbocycles. The van der Waals surface area contributed by atoms with Crippen LogP contribution in [0, 0.1) is 0 Å². The van der Waals surface area contributed by atoms with E-state index in [2.05, 4.69) is 11.6 Å². The van der Waals surface area contributed by atoms with E-state index in [-0.39, 0.29) is 5.82 Å². The molecule has 7 nitrogen and oxygen atoms in total. The van der Waals surface area contributed by atoms with Crippen LogP contribution < -0.4 is 27.7 Å². The van der Waals surface area contributed by atoms with Crippen molar-refractivity contribution in [1.29, 1.82) is 0 Å². The molecule has 8 N–H and O–H groups in total. The summed E-state index contributed by atoms with van der Waals surface area (Å²) in [4.78, 5) is 3.70. The van der Waals surface area contributed by atoms with Crippen LogP contribution in [0.5, 0.6) is 5.75 Å². The van der Waals surface area contributed by atoms with E-state index < -0.39 is 0 Å². The van der Waals surface area contributed by atoms with Crippen molar-refractivity contribution in [2.24, 2.45) is 0 Å². The van der Waals surface area contributed by atoms with Crippen LogP contribution >= 0.6 is 0 Å². The number of hydrogen-bond donors (Lipinski definition) is 4. The number of pyridine rings is 1. The first-order chi connectivity index (χ1) is 10.4. The molecule has 0 aliphatic carbocycles. The van der Waals surface area contributed by atoms with Gasteiger partial charge < -0.3 is 32.4 Å². The molecular weight excluding hydrogens is 282 g/mol. The molecule has 22 heavy (non-hydrogen) atoms. The molecule has 0 amide bonds. The second-order valence-corrected chi connectivity index (χ2v) is 4.19. The van der Waals surface area contributed by atoms with E-state index >= 15 is 0 Å². The fourth-order valence-corrected chi connectivity index (χ4v) is 1.36. The number of nitrogens with two attached hydrogens (primary N) is 4. The lowest BCUT2D eigenvalue weighted by molar-refractivity contribution is 0.118. The molecule has 1 aromatic heterocycles. The smallest absolute Gasteiger partial charge is 0.277 e. The fraction of sp³-hybridized carbons (Fsp3) is 0.133. The molecule has 2 rings (SSSR count). The normalized spacial score (nSPS) is 9.32. The molecule has 0 saturated carbocycles. The standard InChI is InChI=1S/C10H13NO2.C5H8N4/c1-3-12-8(2)13-10-6-4-9(11)5-7-10;6-3-1-2-4(7)9-5(3)8/h4-7H,2-3,11H2,1H3;1-2H,6H2,(H4,7,8,9). The van der Waals surface area contributed by atoms with Gasteiger partial charge in [-0.2, -0.15) is 0 Å². The van der Waals surface area contributed by atoms with Crippen molar-refractivity contribution < 1.29 is 9.47 Å². The minimum Gasteiger partial charge on any atom is -0.466 e. The number of nitrogen functional groups attached to an aromatic ring is 4. The summed E-state index contributed by atoms with van der Waals surface area (Å²) in [5.74, 6) is 1.65. The second kappa shape index (κ2) is 8.25. The van der Waals surface area contributed by atoms with Crippen LogP contribution in [-0.2, 0) is 4.74 Å². The quantitative estimate of drug-likeness (QED) is 0.501. The van der Waals surface area contributed by atoms with E-state index in [1.807, 2.05) is 6.92 Å². The van der Waals surface area contributed by atoms with Crippen LogP contribution in [-0.4, -0.2) is 11.6 Å². The molecule has 2 aromatic rings. The Hall–Kier alpha value is -3.09. The van der Waals surface area contributed by atoms with Crippen LogP contribution in [0.3, 0.4) is 0 Å². The largest absolute Gasteiger partial charge is 0.466 e. The van der Waals surface area contributed by atoms with E-state index in [1.54, 1.807) is 36.4 Å². The van der Waals surface area contributed by atoms with E-state index in [9.17, 15) is 0 Å². The lowest BCUT2D eigenvalue weighted by Crippen LogP contribution is -1.99. The zero-order valence-electron chi connectivity index (χ0n) is 12.5. The van der Waals surface area contributed by atoms with Crippen molar-refractivity contribution in [2.75, 3.05) is 29.5 Å². The Morgan fingerprint density at radius 2 is 1.68 bits per heavy atom. The van der Waals surface area contributed by atoms with Gasteiger partial charge in [-0.3, -0.25) is 0 Å². The Morgan fingerprint density at radius 3 is 2.18 bits per heavy atom. The third kappa shape index (κ3) is 5.91. The Morgan fingerprint density at radius 1 is 1.05 bits per heavy atom. The van der Waals surface area contributed by atoms with Gasteiger partial charge in [0.1, 0.15) is 17.4 Å². The highest BCUT2D eigenvalue weighted by atomic mass is 16.7. The molecule has 0 aliphatic heterocycles. The number of aromatic nitrogens is 1. The van der Waals surface area contributed by atoms with Gasteiger partial charge >= 0.3 is 0 Å². The summed E-state index contributed by atoms with van der Waals surface area (Å²) in [5.41, 5.74) is 22.6. The number of rotatable bonds is 4. The Kier molecular flexibility index (Phi) is 6.36. The third-order valence-corrected chi connectivity index (χ3v) is 2.40. The molecule has 1 heterocycles. The molecule has 0 atom stereocenters. The van der Waals surface area contributed by atoms with Gasteiger partial charge in [-0.15, -0.1) is 0 Å². The molecule has 0 aliphatic rings. The number of hydrogen-bond acceptors (Lipinski definition) is 7. The zero-order chi connectivity index (χ0) is 16.5. The van der Waals surface area contributed by atoms with Crippen LogP contribution in [0.1, 0.15) is 6.92 Å². The minimum atomic E-state index is 0.287. The van der Waals surface area contributed by atoms with Gasteiger partial charge in [-0.25, -0.2) is 4.98 Å². The topological polar surface area (TPSA) is 135 Å². The number of nitrogens with zero attached hydrogens (tertiary/aromatic N) is 1. The lowest BCUT2D eigenvalue weighted by atomic mass is 10.3. The monoisotopic (exact) mass is 303 g/mol. The average Bonchev–Trinajstić information content (AvgIpc) is 2.47. The summed E-state index contributed by atoms with van der Waals surface area (Å²) in [6.45, 7) is 6.01. The number of ether oxygens (including phenoxy) is 2. The van der Waals surface area contributed by atoms with E-state index in [4.69, 9.17) is 32.4 Å². The van der Waals surface area contributed by atoms with Crippen LogP contribution in [0.2, 0.25) is 0 Å². The zero-order valence-corrected chi connectivity index (χ0v) is 12.5. The summed E-state index contributed by atoms with van der Waals surface area (Å²) in [6, 6.07) is 10.3. The highest BCUT2D eigenvalue weighted by Crippen LogP contribution is 2.15. The van der Waals surface area contributed by atoms with E-state index in [0.29, 0.717) is 35.5 Å². The summed E-state index contributed by atoms with van der Waals surface area (Å²) >= 11 is 0. The first-order valence-corrected chi connectivity index (χ1v) is 6.55. The summed E-state index contributed by atoms with van der Waals surface area (Å²) in [5, 5.41) is 0. The maximum Gasteiger partial charge on any atom is 0.277 e. The average molecular weight is 303 g/mol. The highest BCUT2D eigenvalue weighted by molar-refractivity contribution is 5.60. The molecule has 0 fully saturated rings. The maximum atomic E-state index is 5.51. The predicted octanol–water partition coefficient (Wildman–Crippen LogP) is 1.98. The summed E-state index contributed by atoms with van der Waals surface area (Å²) in [6.07, 6.45) is 0. The molecule has 0 bridgehead atoms. The van der Waals surface area contributed by atoms with Gasteiger partial charge in [0, 0.05) is 5.69 Å². The van der Waals surface area contributed by atoms with Crippen LogP contribution in [0.15, 0.2) is 48.9 Å². The van der Waals surface area contributed by atoms with E-state index in [0.717, 1.165) is 0 Å². The molecule has 118 valence electrons. The lowest BCUT2D eigenvalue weighted by Gasteiger charge is -2.08. The minimum absolute atomic E-state index is 0.287. The Balaban J connectivity index is 0.000000235. The molecular formula is C15H21N5O2. The Bertz CT molecular complexity index is 614. The van der Waals surface area contributed by atoms with Crippen molar-refractivity contribution in [2.45, 2.75) is 6.92 Å². The summed E-state index contributed by atoms with van der Waals surface area (Å²) < 4.78 is 10.3. The van der Waals surface area contributed by atoms with Gasteiger partial charge in [-0.1, -0.05) is 0 Å². The number of anilines is 4. The highest BCUT2D eigenvalue weighted by Gasteiger charge is 1.96. The SMILES string of the molecule is C=C(OCC)Oc1ccc(N)cc1.Nc1ccc(N)c(N)n1. The van der Waals surface area contributed by atoms with Crippen LogP contribution in [0.4, 0.5) is 23.0 Å². The number of benzene rings is 1. The van der Waals surface area contributed by atoms with E-state index in [1.165, 1.54) is 0 Å². The van der Waals surface area contributed by atoms with Crippen LogP contribution in [0.25, 0.3) is 0 Å². The molecule has 7 heteroatoms. The van der Waals surface area contributed by atoms with Crippen molar-refractivity contribution in [3.63, 3.8) is 0 Å². The predicted molar refractivity (Wildman–Crippen MR) is 89.7 cm³/mol. The maximum absolute atomic E-state index is 5.51. The summed E-state index contributed by atoms with van der Waals surface area (Å²) in [7, 11) is 0. The van der Waals surface area contributed by atoms with Crippen molar-refractivity contribution in [3.8, 4) is 5.75 Å². The van der Waals surface area contributed by atoms with Crippen molar-refractivity contribution >= 4 is 23.0 Å². The van der Waals surface area contributed by atoms with Gasteiger partial charge in [-0.05, 0) is 49.9 Å². The Labute approximate surface area is 129 Å².